The molecule has 0 unspecified atom stereocenters. The molecule has 1 aromatic heterocycles. The minimum absolute atomic E-state index is 0.0641. The van der Waals surface area contributed by atoms with Crippen LogP contribution < -0.4 is 0 Å². The number of hydrogen-bond donors (Lipinski definition) is 0. The summed E-state index contributed by atoms with van der Waals surface area (Å²) in [5, 5.41) is 0. The van der Waals surface area contributed by atoms with E-state index in [0.717, 1.165) is 22.3 Å². The third-order valence-corrected chi connectivity index (χ3v) is 5.75. The van der Waals surface area contributed by atoms with Gasteiger partial charge >= 0.3 is 0 Å². The van der Waals surface area contributed by atoms with Gasteiger partial charge in [-0.2, -0.15) is 0 Å². The molecular weight excluding hydrogens is 479 g/mol. The first kappa shape index (κ1) is 13.7. The molecule has 0 aliphatic rings. The van der Waals surface area contributed by atoms with Crippen LogP contribution in [-0.4, -0.2) is 5.78 Å². The van der Waals surface area contributed by atoms with E-state index in [-0.39, 0.29) is 5.78 Å². The summed E-state index contributed by atoms with van der Waals surface area (Å²) in [6.45, 7) is 2.00. The van der Waals surface area contributed by atoms with E-state index in [2.05, 4.69) is 54.5 Å². The Morgan fingerprint density at radius 1 is 1.24 bits per heavy atom. The normalized spacial score (nSPS) is 10.6. The van der Waals surface area contributed by atoms with Crippen molar-refractivity contribution in [2.75, 3.05) is 0 Å². The summed E-state index contributed by atoms with van der Waals surface area (Å²) in [5.74, 6) is 0.0641. The molecule has 0 saturated carbocycles. The number of rotatable bonds is 2. The number of benzene rings is 1. The lowest BCUT2D eigenvalue weighted by molar-refractivity contribution is 0.104. The SMILES string of the molecule is Cc1sc(C(=O)c2cc(I)ccc2Br)cc1Br. The highest BCUT2D eigenvalue weighted by Crippen LogP contribution is 2.30. The Balaban J connectivity index is 2.47. The zero-order valence-corrected chi connectivity index (χ0v) is 14.9. The second-order valence-electron chi connectivity index (χ2n) is 3.47. The lowest BCUT2D eigenvalue weighted by Gasteiger charge is -2.02. The zero-order chi connectivity index (χ0) is 12.6. The van der Waals surface area contributed by atoms with Crippen LogP contribution in [0.25, 0.3) is 0 Å². The molecule has 0 saturated heterocycles. The second kappa shape index (κ2) is 5.50. The molecule has 1 heterocycles. The van der Waals surface area contributed by atoms with Crippen molar-refractivity contribution in [2.24, 2.45) is 0 Å². The van der Waals surface area contributed by atoms with Crippen LogP contribution in [0.5, 0.6) is 0 Å². The summed E-state index contributed by atoms with van der Waals surface area (Å²) < 4.78 is 2.89. The monoisotopic (exact) mass is 484 g/mol. The van der Waals surface area contributed by atoms with E-state index >= 15 is 0 Å². The molecule has 88 valence electrons. The van der Waals surface area contributed by atoms with Crippen molar-refractivity contribution in [3.8, 4) is 0 Å². The summed E-state index contributed by atoms with van der Waals surface area (Å²) in [4.78, 5) is 14.2. The first-order chi connectivity index (χ1) is 7.99. The predicted octanol–water partition coefficient (Wildman–Crippen LogP) is 5.42. The summed E-state index contributed by atoms with van der Waals surface area (Å²) >= 11 is 10.6. The van der Waals surface area contributed by atoms with Gasteiger partial charge in [-0.25, -0.2) is 0 Å². The maximum absolute atomic E-state index is 12.3. The van der Waals surface area contributed by atoms with Crippen molar-refractivity contribution in [1.29, 1.82) is 0 Å². The fraction of sp³-hybridized carbons (Fsp3) is 0.0833. The molecule has 0 aliphatic heterocycles. The van der Waals surface area contributed by atoms with Crippen molar-refractivity contribution >= 4 is 71.6 Å². The van der Waals surface area contributed by atoms with Gasteiger partial charge in [0, 0.05) is 23.0 Å². The van der Waals surface area contributed by atoms with Gasteiger partial charge < -0.3 is 0 Å². The molecular formula is C12H7Br2IOS. The van der Waals surface area contributed by atoms with Crippen LogP contribution in [-0.2, 0) is 0 Å². The van der Waals surface area contributed by atoms with Crippen molar-refractivity contribution < 1.29 is 4.79 Å². The number of carbonyl (C=O) groups is 1. The molecule has 2 rings (SSSR count). The molecule has 17 heavy (non-hydrogen) atoms. The minimum Gasteiger partial charge on any atom is -0.288 e. The first-order valence-corrected chi connectivity index (χ1v) is 8.23. The van der Waals surface area contributed by atoms with Crippen LogP contribution in [0.2, 0.25) is 0 Å². The number of carbonyl (C=O) groups excluding carboxylic acids is 1. The molecule has 2 aromatic rings. The van der Waals surface area contributed by atoms with Gasteiger partial charge in [0.1, 0.15) is 0 Å². The molecule has 0 fully saturated rings. The van der Waals surface area contributed by atoms with E-state index in [4.69, 9.17) is 0 Å². The molecule has 0 N–H and O–H groups in total. The number of halogens is 3. The quantitative estimate of drug-likeness (QED) is 0.410. The maximum Gasteiger partial charge on any atom is 0.204 e. The number of ketones is 1. The van der Waals surface area contributed by atoms with Crippen molar-refractivity contribution in [2.45, 2.75) is 6.92 Å². The molecule has 1 aromatic carbocycles. The lowest BCUT2D eigenvalue weighted by Crippen LogP contribution is -2.00. The third kappa shape index (κ3) is 3.00. The van der Waals surface area contributed by atoms with Gasteiger partial charge in [-0.15, -0.1) is 11.3 Å². The third-order valence-electron chi connectivity index (χ3n) is 2.25. The van der Waals surface area contributed by atoms with Crippen LogP contribution in [0.3, 0.4) is 0 Å². The van der Waals surface area contributed by atoms with E-state index in [1.165, 1.54) is 11.3 Å². The van der Waals surface area contributed by atoms with Crippen molar-refractivity contribution in [3.63, 3.8) is 0 Å². The van der Waals surface area contributed by atoms with E-state index in [9.17, 15) is 4.79 Å². The van der Waals surface area contributed by atoms with Crippen molar-refractivity contribution in [1.82, 2.24) is 0 Å². The van der Waals surface area contributed by atoms with Gasteiger partial charge in [0.2, 0.25) is 5.78 Å². The van der Waals surface area contributed by atoms with Gasteiger partial charge in [0.05, 0.1) is 4.88 Å². The molecule has 5 heteroatoms. The van der Waals surface area contributed by atoms with Crippen LogP contribution in [0.15, 0.2) is 33.2 Å². The highest BCUT2D eigenvalue weighted by molar-refractivity contribution is 14.1. The summed E-state index contributed by atoms with van der Waals surface area (Å²) in [5.41, 5.74) is 0.714. The Morgan fingerprint density at radius 3 is 2.53 bits per heavy atom. The van der Waals surface area contributed by atoms with Gasteiger partial charge in [-0.1, -0.05) is 15.9 Å². The lowest BCUT2D eigenvalue weighted by atomic mass is 10.1. The van der Waals surface area contributed by atoms with Crippen LogP contribution >= 0.6 is 65.8 Å². The van der Waals surface area contributed by atoms with Gasteiger partial charge in [0.25, 0.3) is 0 Å². The largest absolute Gasteiger partial charge is 0.288 e. The highest BCUT2D eigenvalue weighted by Gasteiger charge is 2.16. The van der Waals surface area contributed by atoms with E-state index in [1.807, 2.05) is 31.2 Å². The summed E-state index contributed by atoms with van der Waals surface area (Å²) in [7, 11) is 0. The van der Waals surface area contributed by atoms with Crippen LogP contribution in [0, 0.1) is 10.5 Å². The standard InChI is InChI=1S/C12H7Br2IOS/c1-6-10(14)5-11(17-6)12(16)8-4-7(15)2-3-9(8)13/h2-5H,1H3. The van der Waals surface area contributed by atoms with Gasteiger partial charge in [-0.05, 0) is 69.7 Å². The zero-order valence-electron chi connectivity index (χ0n) is 8.76. The molecule has 0 spiro atoms. The minimum atomic E-state index is 0.0641. The average molecular weight is 486 g/mol. The molecule has 0 bridgehead atoms. The number of hydrogen-bond acceptors (Lipinski definition) is 2. The Labute approximate surface area is 134 Å². The fourth-order valence-corrected chi connectivity index (χ4v) is 3.78. The molecule has 1 nitrogen and oxygen atoms in total. The van der Waals surface area contributed by atoms with E-state index in [0.29, 0.717) is 5.56 Å². The number of thiophene rings is 1. The van der Waals surface area contributed by atoms with Gasteiger partial charge in [0.15, 0.2) is 0 Å². The van der Waals surface area contributed by atoms with E-state index < -0.39 is 0 Å². The predicted molar refractivity (Wildman–Crippen MR) is 87.0 cm³/mol. The average Bonchev–Trinajstić information content (AvgIpc) is 2.62. The molecule has 0 aliphatic carbocycles. The summed E-state index contributed by atoms with van der Waals surface area (Å²) in [6.07, 6.45) is 0. The van der Waals surface area contributed by atoms with Crippen molar-refractivity contribution in [3.05, 3.63) is 52.1 Å². The first-order valence-electron chi connectivity index (χ1n) is 4.74. The molecule has 0 amide bonds. The second-order valence-corrected chi connectivity index (χ2v) is 7.68. The fourth-order valence-electron chi connectivity index (χ4n) is 1.38. The Hall–Kier alpha value is 0.280. The Morgan fingerprint density at radius 2 is 1.94 bits per heavy atom. The highest BCUT2D eigenvalue weighted by atomic mass is 127. The number of aryl methyl sites for hydroxylation is 1. The molecule has 0 radical (unpaired) electrons. The Kier molecular flexibility index (Phi) is 4.44. The summed E-state index contributed by atoms with van der Waals surface area (Å²) in [6, 6.07) is 7.66. The topological polar surface area (TPSA) is 17.1 Å². The van der Waals surface area contributed by atoms with E-state index in [1.54, 1.807) is 0 Å². The maximum atomic E-state index is 12.3. The van der Waals surface area contributed by atoms with Crippen LogP contribution in [0.1, 0.15) is 20.1 Å². The smallest absolute Gasteiger partial charge is 0.204 e. The molecule has 0 atom stereocenters. The Bertz CT molecular complexity index is 573. The van der Waals surface area contributed by atoms with Crippen LogP contribution in [0.4, 0.5) is 0 Å². The van der Waals surface area contributed by atoms with Gasteiger partial charge in [-0.3, -0.25) is 4.79 Å².